The van der Waals surface area contributed by atoms with Gasteiger partial charge in [0.25, 0.3) is 0 Å². The third-order valence-corrected chi connectivity index (χ3v) is 5.42. The van der Waals surface area contributed by atoms with Crippen LogP contribution in [-0.2, 0) is 0 Å². The molecule has 1 aliphatic carbocycles. The minimum atomic E-state index is 0.268. The van der Waals surface area contributed by atoms with Crippen molar-refractivity contribution in [3.8, 4) is 0 Å². The molecule has 2 rings (SSSR count). The standard InChI is InChI=1S/C10H15Br2N/c1-7(2)5-13-4-3-8-9(6-13)10(8,11)12/h8-9H,1,3-6H2,2H3. The zero-order chi connectivity index (χ0) is 9.64. The van der Waals surface area contributed by atoms with E-state index < -0.39 is 0 Å². The smallest absolute Gasteiger partial charge is 0.0881 e. The van der Waals surface area contributed by atoms with E-state index in [2.05, 4.69) is 50.3 Å². The highest BCUT2D eigenvalue weighted by Gasteiger charge is 2.62. The van der Waals surface area contributed by atoms with E-state index in [9.17, 15) is 0 Å². The van der Waals surface area contributed by atoms with Crippen LogP contribution in [0.25, 0.3) is 0 Å². The van der Waals surface area contributed by atoms with Gasteiger partial charge in [0.1, 0.15) is 0 Å². The van der Waals surface area contributed by atoms with Gasteiger partial charge >= 0.3 is 0 Å². The Labute approximate surface area is 96.8 Å². The van der Waals surface area contributed by atoms with Gasteiger partial charge in [0.2, 0.25) is 0 Å². The summed E-state index contributed by atoms with van der Waals surface area (Å²) in [6, 6.07) is 0. The van der Waals surface area contributed by atoms with Gasteiger partial charge in [0.15, 0.2) is 0 Å². The van der Waals surface area contributed by atoms with Crippen LogP contribution in [0.15, 0.2) is 12.2 Å². The molecule has 3 heteroatoms. The van der Waals surface area contributed by atoms with Crippen molar-refractivity contribution in [3.63, 3.8) is 0 Å². The van der Waals surface area contributed by atoms with E-state index in [4.69, 9.17) is 0 Å². The molecule has 2 atom stereocenters. The summed E-state index contributed by atoms with van der Waals surface area (Å²) in [7, 11) is 0. The Morgan fingerprint density at radius 2 is 2.23 bits per heavy atom. The van der Waals surface area contributed by atoms with Crippen LogP contribution in [0.5, 0.6) is 0 Å². The minimum absolute atomic E-state index is 0.268. The number of halogens is 2. The van der Waals surface area contributed by atoms with E-state index in [-0.39, 0.29) is 3.23 Å². The monoisotopic (exact) mass is 307 g/mol. The number of hydrogen-bond donors (Lipinski definition) is 0. The van der Waals surface area contributed by atoms with Crippen LogP contribution in [0.2, 0.25) is 0 Å². The first-order valence-electron chi connectivity index (χ1n) is 4.76. The summed E-state index contributed by atoms with van der Waals surface area (Å²) in [4.78, 5) is 2.51. The van der Waals surface area contributed by atoms with Crippen LogP contribution in [-0.4, -0.2) is 27.8 Å². The van der Waals surface area contributed by atoms with Gasteiger partial charge in [-0.1, -0.05) is 44.0 Å². The van der Waals surface area contributed by atoms with Gasteiger partial charge in [-0.15, -0.1) is 0 Å². The van der Waals surface area contributed by atoms with Crippen molar-refractivity contribution in [2.24, 2.45) is 11.8 Å². The molecule has 1 saturated heterocycles. The number of nitrogens with zero attached hydrogens (tertiary/aromatic N) is 1. The summed E-state index contributed by atoms with van der Waals surface area (Å²) < 4.78 is 0.268. The molecule has 74 valence electrons. The Balaban J connectivity index is 1.90. The van der Waals surface area contributed by atoms with Crippen LogP contribution in [0.3, 0.4) is 0 Å². The predicted octanol–water partition coefficient (Wildman–Crippen LogP) is 3.00. The van der Waals surface area contributed by atoms with Crippen LogP contribution in [0.1, 0.15) is 13.3 Å². The molecule has 13 heavy (non-hydrogen) atoms. The normalized spacial score (nSPS) is 36.8. The van der Waals surface area contributed by atoms with E-state index in [1.165, 1.54) is 25.1 Å². The number of hydrogen-bond acceptors (Lipinski definition) is 1. The molecule has 2 aliphatic rings. The Kier molecular flexibility index (Phi) is 2.63. The summed E-state index contributed by atoms with van der Waals surface area (Å²) in [6.07, 6.45) is 1.31. The van der Waals surface area contributed by atoms with Gasteiger partial charge < -0.3 is 0 Å². The molecule has 0 aromatic rings. The third-order valence-electron chi connectivity index (χ3n) is 3.07. The fourth-order valence-corrected chi connectivity index (χ4v) is 4.08. The molecule has 2 unspecified atom stereocenters. The van der Waals surface area contributed by atoms with Crippen molar-refractivity contribution < 1.29 is 0 Å². The van der Waals surface area contributed by atoms with E-state index in [0.29, 0.717) is 0 Å². The van der Waals surface area contributed by atoms with Crippen molar-refractivity contribution in [1.82, 2.24) is 4.90 Å². The third kappa shape index (κ3) is 1.88. The maximum Gasteiger partial charge on any atom is 0.0881 e. The van der Waals surface area contributed by atoms with Crippen LogP contribution in [0.4, 0.5) is 0 Å². The van der Waals surface area contributed by atoms with Crippen LogP contribution >= 0.6 is 31.9 Å². The maximum absolute atomic E-state index is 3.96. The van der Waals surface area contributed by atoms with Crippen molar-refractivity contribution >= 4 is 31.9 Å². The number of likely N-dealkylation sites (tertiary alicyclic amines) is 1. The van der Waals surface area contributed by atoms with Crippen LogP contribution < -0.4 is 0 Å². The lowest BCUT2D eigenvalue weighted by molar-refractivity contribution is 0.237. The first-order chi connectivity index (χ1) is 6.01. The zero-order valence-electron chi connectivity index (χ0n) is 7.89. The van der Waals surface area contributed by atoms with Crippen molar-refractivity contribution in [2.75, 3.05) is 19.6 Å². The number of rotatable bonds is 2. The van der Waals surface area contributed by atoms with Crippen molar-refractivity contribution in [1.29, 1.82) is 0 Å². The molecule has 0 N–H and O–H groups in total. The molecule has 1 nitrogen and oxygen atoms in total. The van der Waals surface area contributed by atoms with Crippen molar-refractivity contribution in [3.05, 3.63) is 12.2 Å². The van der Waals surface area contributed by atoms with Gasteiger partial charge in [-0.2, -0.15) is 0 Å². The number of piperidine rings is 1. The number of alkyl halides is 2. The lowest BCUT2D eigenvalue weighted by Gasteiger charge is -2.25. The lowest BCUT2D eigenvalue weighted by Crippen LogP contribution is -2.32. The predicted molar refractivity (Wildman–Crippen MR) is 63.4 cm³/mol. The molecule has 1 heterocycles. The fourth-order valence-electron chi connectivity index (χ4n) is 2.32. The molecule has 0 spiro atoms. The lowest BCUT2D eigenvalue weighted by atomic mass is 10.1. The maximum atomic E-state index is 3.96. The summed E-state index contributed by atoms with van der Waals surface area (Å²) in [5.41, 5.74) is 1.27. The Morgan fingerprint density at radius 3 is 2.77 bits per heavy atom. The van der Waals surface area contributed by atoms with Gasteiger partial charge in [-0.05, 0) is 25.8 Å². The van der Waals surface area contributed by atoms with Crippen LogP contribution in [0, 0.1) is 11.8 Å². The second-order valence-electron chi connectivity index (χ2n) is 4.37. The fraction of sp³-hybridized carbons (Fsp3) is 0.800. The molecule has 0 bridgehead atoms. The highest BCUT2D eigenvalue weighted by Crippen LogP contribution is 2.64. The molecule has 2 fully saturated rings. The molecule has 0 amide bonds. The molecular weight excluding hydrogens is 294 g/mol. The minimum Gasteiger partial charge on any atom is -0.299 e. The van der Waals surface area contributed by atoms with E-state index in [1.54, 1.807) is 0 Å². The molecule has 1 saturated carbocycles. The van der Waals surface area contributed by atoms with E-state index in [1.807, 2.05) is 0 Å². The summed E-state index contributed by atoms with van der Waals surface area (Å²) in [6.45, 7) is 9.58. The molecule has 0 aromatic heterocycles. The first kappa shape index (κ1) is 10.2. The number of fused-ring (bicyclic) bond motifs is 1. The second-order valence-corrected chi connectivity index (χ2v) is 8.06. The Morgan fingerprint density at radius 1 is 1.54 bits per heavy atom. The van der Waals surface area contributed by atoms with Gasteiger partial charge in [0.05, 0.1) is 3.23 Å². The van der Waals surface area contributed by atoms with E-state index in [0.717, 1.165) is 18.4 Å². The van der Waals surface area contributed by atoms with Gasteiger partial charge in [-0.3, -0.25) is 4.90 Å². The highest BCUT2D eigenvalue weighted by atomic mass is 79.9. The molecule has 1 aliphatic heterocycles. The first-order valence-corrected chi connectivity index (χ1v) is 6.35. The molecular formula is C10H15Br2N. The van der Waals surface area contributed by atoms with Crippen molar-refractivity contribution in [2.45, 2.75) is 16.6 Å². The largest absolute Gasteiger partial charge is 0.299 e. The van der Waals surface area contributed by atoms with Gasteiger partial charge in [-0.25, -0.2) is 0 Å². The molecule has 0 aromatic carbocycles. The summed E-state index contributed by atoms with van der Waals surface area (Å²) >= 11 is 7.48. The Bertz CT molecular complexity index is 237. The zero-order valence-corrected chi connectivity index (χ0v) is 11.1. The topological polar surface area (TPSA) is 3.24 Å². The summed E-state index contributed by atoms with van der Waals surface area (Å²) in [5, 5.41) is 0. The summed E-state index contributed by atoms with van der Waals surface area (Å²) in [5.74, 6) is 1.66. The molecule has 0 radical (unpaired) electrons. The van der Waals surface area contributed by atoms with E-state index >= 15 is 0 Å². The average Bonchev–Trinajstić information content (AvgIpc) is 2.53. The second kappa shape index (κ2) is 3.35. The van der Waals surface area contributed by atoms with Gasteiger partial charge in [0, 0.05) is 19.0 Å². The average molecular weight is 309 g/mol. The highest BCUT2D eigenvalue weighted by molar-refractivity contribution is 9.25. The quantitative estimate of drug-likeness (QED) is 0.560. The SMILES string of the molecule is C=C(C)CN1CCC2C(C1)C2(Br)Br. The Hall–Kier alpha value is 0.660.